The molecule has 1 aromatic heterocycles. The van der Waals surface area contributed by atoms with E-state index in [1.165, 1.54) is 5.56 Å². The monoisotopic (exact) mass is 283 g/mol. The van der Waals surface area contributed by atoms with Crippen molar-refractivity contribution in [2.75, 3.05) is 5.73 Å². The van der Waals surface area contributed by atoms with Crippen molar-refractivity contribution in [2.45, 2.75) is 45.1 Å². The van der Waals surface area contributed by atoms with Gasteiger partial charge in [0, 0.05) is 23.2 Å². The van der Waals surface area contributed by atoms with E-state index in [0.29, 0.717) is 5.82 Å². The summed E-state index contributed by atoms with van der Waals surface area (Å²) in [4.78, 5) is 4.27. The van der Waals surface area contributed by atoms with Crippen molar-refractivity contribution < 1.29 is 0 Å². The third kappa shape index (κ3) is 2.79. The highest BCUT2D eigenvalue weighted by molar-refractivity contribution is 5.46. The van der Waals surface area contributed by atoms with E-state index in [-0.39, 0.29) is 11.5 Å². The summed E-state index contributed by atoms with van der Waals surface area (Å²) in [5.41, 5.74) is 15.9. The highest BCUT2D eigenvalue weighted by Crippen LogP contribution is 2.42. The van der Waals surface area contributed by atoms with Gasteiger partial charge < -0.3 is 11.5 Å². The van der Waals surface area contributed by atoms with E-state index in [2.05, 4.69) is 49.2 Å². The van der Waals surface area contributed by atoms with Crippen molar-refractivity contribution in [3.8, 4) is 0 Å². The van der Waals surface area contributed by atoms with E-state index < -0.39 is 0 Å². The first-order valence-corrected chi connectivity index (χ1v) is 7.58. The molecular weight excluding hydrogens is 258 g/mol. The Kier molecular flexibility index (Phi) is 4.63. The van der Waals surface area contributed by atoms with Crippen molar-refractivity contribution in [1.29, 1.82) is 0 Å². The fourth-order valence-corrected chi connectivity index (χ4v) is 3.20. The van der Waals surface area contributed by atoms with Crippen molar-refractivity contribution in [1.82, 2.24) is 4.98 Å². The van der Waals surface area contributed by atoms with Gasteiger partial charge in [-0.3, -0.25) is 0 Å². The summed E-state index contributed by atoms with van der Waals surface area (Å²) in [6.07, 6.45) is 3.71. The molecule has 3 nitrogen and oxygen atoms in total. The van der Waals surface area contributed by atoms with Crippen LogP contribution in [0.25, 0.3) is 0 Å². The van der Waals surface area contributed by atoms with Crippen LogP contribution in [0.5, 0.6) is 0 Å². The first-order valence-electron chi connectivity index (χ1n) is 7.58. The second-order valence-corrected chi connectivity index (χ2v) is 5.69. The molecule has 0 saturated carbocycles. The third-order valence-corrected chi connectivity index (χ3v) is 4.63. The van der Waals surface area contributed by atoms with Gasteiger partial charge in [0.2, 0.25) is 0 Å². The van der Waals surface area contributed by atoms with E-state index in [1.807, 2.05) is 13.0 Å². The van der Waals surface area contributed by atoms with Crippen molar-refractivity contribution in [3.63, 3.8) is 0 Å². The number of hydrogen-bond donors (Lipinski definition) is 2. The summed E-state index contributed by atoms with van der Waals surface area (Å²) in [5, 5.41) is 0. The number of pyridine rings is 1. The first-order chi connectivity index (χ1) is 10.0. The molecule has 0 amide bonds. The highest BCUT2D eigenvalue weighted by Gasteiger charge is 2.37. The average molecular weight is 283 g/mol. The SMILES string of the molecule is CCC(CC)(c1ccccc1)C(N)c1cc(C)cnc1N. The van der Waals surface area contributed by atoms with Gasteiger partial charge in [-0.1, -0.05) is 44.2 Å². The van der Waals surface area contributed by atoms with E-state index in [9.17, 15) is 0 Å². The molecule has 0 aliphatic rings. The number of aryl methyl sites for hydroxylation is 1. The molecule has 0 aliphatic heterocycles. The van der Waals surface area contributed by atoms with Crippen LogP contribution in [0.15, 0.2) is 42.6 Å². The standard InChI is InChI=1S/C18H25N3/c1-4-18(5-2,14-9-7-6-8-10-14)16(19)15-11-13(3)12-21-17(15)20/h6-12,16H,4-5,19H2,1-3H3,(H2,20,21). The van der Waals surface area contributed by atoms with E-state index in [0.717, 1.165) is 24.0 Å². The smallest absolute Gasteiger partial charge is 0.128 e. The van der Waals surface area contributed by atoms with Gasteiger partial charge in [-0.15, -0.1) is 0 Å². The maximum absolute atomic E-state index is 6.68. The van der Waals surface area contributed by atoms with Crippen LogP contribution in [0.2, 0.25) is 0 Å². The maximum Gasteiger partial charge on any atom is 0.128 e. The summed E-state index contributed by atoms with van der Waals surface area (Å²) in [6.45, 7) is 6.40. The van der Waals surface area contributed by atoms with Gasteiger partial charge in [0.1, 0.15) is 5.82 Å². The number of nitrogen functional groups attached to an aromatic ring is 1. The molecule has 2 rings (SSSR count). The minimum atomic E-state index is -0.165. The predicted octanol–water partition coefficient (Wildman–Crippen LogP) is 3.73. The van der Waals surface area contributed by atoms with Crippen LogP contribution in [0.1, 0.15) is 49.4 Å². The van der Waals surface area contributed by atoms with Crippen molar-refractivity contribution >= 4 is 5.82 Å². The second-order valence-electron chi connectivity index (χ2n) is 5.69. The zero-order valence-electron chi connectivity index (χ0n) is 13.1. The van der Waals surface area contributed by atoms with Gasteiger partial charge in [-0.05, 0) is 37.0 Å². The Balaban J connectivity index is 2.54. The summed E-state index contributed by atoms with van der Waals surface area (Å²) < 4.78 is 0. The number of rotatable bonds is 5. The molecule has 112 valence electrons. The minimum absolute atomic E-state index is 0.120. The Morgan fingerprint density at radius 3 is 2.33 bits per heavy atom. The number of anilines is 1. The van der Waals surface area contributed by atoms with Crippen LogP contribution in [0.3, 0.4) is 0 Å². The highest BCUT2D eigenvalue weighted by atomic mass is 14.8. The quantitative estimate of drug-likeness (QED) is 0.878. The molecule has 4 N–H and O–H groups in total. The van der Waals surface area contributed by atoms with Crippen LogP contribution in [0, 0.1) is 6.92 Å². The Morgan fingerprint density at radius 2 is 1.76 bits per heavy atom. The summed E-state index contributed by atoms with van der Waals surface area (Å²) >= 11 is 0. The molecule has 0 saturated heterocycles. The molecule has 0 bridgehead atoms. The molecule has 2 aromatic rings. The molecule has 1 unspecified atom stereocenters. The summed E-state index contributed by atoms with van der Waals surface area (Å²) in [5.74, 6) is 0.537. The lowest BCUT2D eigenvalue weighted by atomic mass is 9.68. The Bertz CT molecular complexity index is 589. The van der Waals surface area contributed by atoms with Gasteiger partial charge in [0.05, 0.1) is 0 Å². The van der Waals surface area contributed by atoms with Gasteiger partial charge in [0.15, 0.2) is 0 Å². The molecule has 0 aliphatic carbocycles. The van der Waals surface area contributed by atoms with Crippen LogP contribution in [0.4, 0.5) is 5.82 Å². The van der Waals surface area contributed by atoms with Crippen LogP contribution >= 0.6 is 0 Å². The summed E-state index contributed by atoms with van der Waals surface area (Å²) in [6, 6.07) is 12.4. The van der Waals surface area contributed by atoms with E-state index >= 15 is 0 Å². The molecule has 0 radical (unpaired) electrons. The van der Waals surface area contributed by atoms with Crippen molar-refractivity contribution in [2.24, 2.45) is 5.73 Å². The predicted molar refractivity (Wildman–Crippen MR) is 89.0 cm³/mol. The topological polar surface area (TPSA) is 64.9 Å². The zero-order chi connectivity index (χ0) is 15.5. The molecule has 21 heavy (non-hydrogen) atoms. The van der Waals surface area contributed by atoms with Gasteiger partial charge in [-0.25, -0.2) is 4.98 Å². The Morgan fingerprint density at radius 1 is 1.14 bits per heavy atom. The Labute approximate surface area is 127 Å². The molecule has 1 aromatic carbocycles. The van der Waals surface area contributed by atoms with E-state index in [4.69, 9.17) is 11.5 Å². The molecule has 1 atom stereocenters. The summed E-state index contributed by atoms with van der Waals surface area (Å²) in [7, 11) is 0. The van der Waals surface area contributed by atoms with Gasteiger partial charge >= 0.3 is 0 Å². The number of nitrogens with two attached hydrogens (primary N) is 2. The van der Waals surface area contributed by atoms with E-state index in [1.54, 1.807) is 6.20 Å². The second kappa shape index (κ2) is 6.27. The molecule has 0 fully saturated rings. The largest absolute Gasteiger partial charge is 0.383 e. The fourth-order valence-electron chi connectivity index (χ4n) is 3.20. The third-order valence-electron chi connectivity index (χ3n) is 4.63. The Hall–Kier alpha value is -1.87. The number of aromatic nitrogens is 1. The van der Waals surface area contributed by atoms with Crippen LogP contribution in [-0.2, 0) is 5.41 Å². The van der Waals surface area contributed by atoms with Crippen molar-refractivity contribution in [3.05, 3.63) is 59.3 Å². The molecule has 0 spiro atoms. The lowest BCUT2D eigenvalue weighted by Gasteiger charge is -2.39. The van der Waals surface area contributed by atoms with Crippen LogP contribution < -0.4 is 11.5 Å². The minimum Gasteiger partial charge on any atom is -0.383 e. The number of nitrogens with zero attached hydrogens (tertiary/aromatic N) is 1. The first kappa shape index (κ1) is 15.5. The number of hydrogen-bond acceptors (Lipinski definition) is 3. The van der Waals surface area contributed by atoms with Crippen LogP contribution in [-0.4, -0.2) is 4.98 Å². The average Bonchev–Trinajstić information content (AvgIpc) is 2.52. The maximum atomic E-state index is 6.68. The zero-order valence-corrected chi connectivity index (χ0v) is 13.1. The normalized spacial score (nSPS) is 13.1. The molecular formula is C18H25N3. The van der Waals surface area contributed by atoms with Gasteiger partial charge in [-0.2, -0.15) is 0 Å². The molecule has 3 heteroatoms. The van der Waals surface area contributed by atoms with Gasteiger partial charge in [0.25, 0.3) is 0 Å². The number of benzene rings is 1. The lowest BCUT2D eigenvalue weighted by molar-refractivity contribution is 0.322. The fraction of sp³-hybridized carbons (Fsp3) is 0.389. The lowest BCUT2D eigenvalue weighted by Crippen LogP contribution is -2.38. The molecule has 1 heterocycles.